The first kappa shape index (κ1) is 108. The van der Waals surface area contributed by atoms with Crippen LogP contribution in [-0.4, -0.2) is 95.9 Å². The molecule has 0 fully saturated rings. The van der Waals surface area contributed by atoms with Crippen molar-refractivity contribution < 1.29 is 75.8 Å². The number of allylic oxidation sites excluding steroid dienone is 28. The molecule has 5 atom stereocenters. The number of hydrogen-bond acceptors (Lipinski definition) is 14. The third-order valence-electron chi connectivity index (χ3n) is 18.4. The maximum atomic E-state index is 13.0. The van der Waals surface area contributed by atoms with Crippen LogP contribution in [0.15, 0.2) is 170 Å². The molecule has 0 aromatic heterocycles. The summed E-state index contributed by atoms with van der Waals surface area (Å²) in [4.78, 5) is 58.9. The predicted molar refractivity (Wildman–Crippen MR) is 472 cm³/mol. The molecule has 0 amide bonds. The Morgan fingerprint density at radius 3 is 0.752 bits per heavy atom. The zero-order valence-corrected chi connectivity index (χ0v) is 72.8. The van der Waals surface area contributed by atoms with E-state index in [1.807, 2.05) is 0 Å². The molecule has 0 bridgehead atoms. The van der Waals surface area contributed by atoms with Crippen LogP contribution in [0, 0.1) is 0 Å². The third-order valence-corrected chi connectivity index (χ3v) is 20.3. The zero-order chi connectivity index (χ0) is 82.2. The van der Waals surface area contributed by atoms with Gasteiger partial charge >= 0.3 is 33.6 Å². The molecule has 5 unspecified atom stereocenters. The van der Waals surface area contributed by atoms with Crippen molar-refractivity contribution in [1.82, 2.24) is 0 Å². The summed E-state index contributed by atoms with van der Waals surface area (Å²) in [5.41, 5.74) is 0. The van der Waals surface area contributed by atoms with Gasteiger partial charge in [0.1, 0.15) is 25.4 Å². The van der Waals surface area contributed by atoms with Crippen molar-refractivity contribution in [2.75, 3.05) is 39.6 Å². The second kappa shape index (κ2) is 86.3. The molecule has 646 valence electrons. The number of aliphatic hydroxyl groups excluding tert-OH is 2. The summed E-state index contributed by atoms with van der Waals surface area (Å²) < 4.78 is 61.4. The van der Waals surface area contributed by atoms with Crippen LogP contribution in [0.2, 0.25) is 0 Å². The summed E-state index contributed by atoms with van der Waals surface area (Å²) in [6, 6.07) is 0. The van der Waals surface area contributed by atoms with E-state index < -0.39 is 91.5 Å². The van der Waals surface area contributed by atoms with Crippen LogP contribution in [0.5, 0.6) is 0 Å². The van der Waals surface area contributed by atoms with E-state index in [1.54, 1.807) is 0 Å². The Hall–Kier alpha value is -5.09. The highest BCUT2D eigenvalue weighted by Gasteiger charge is 2.29. The van der Waals surface area contributed by atoms with E-state index in [1.165, 1.54) is 141 Å². The maximum absolute atomic E-state index is 13.0. The van der Waals surface area contributed by atoms with Gasteiger partial charge in [-0.15, -0.1) is 0 Å². The number of esters is 3. The van der Waals surface area contributed by atoms with Crippen LogP contribution >= 0.6 is 15.6 Å². The quantitative estimate of drug-likeness (QED) is 0.0146. The molecule has 0 aliphatic heterocycles. The summed E-state index contributed by atoms with van der Waals surface area (Å²) >= 11 is 0. The SMILES string of the molecule is CC/C=C\C/C=C\C/C=C\C/C=C\C/C=C\CCCCCCCCCCCCCCCCCC(=O)OCC(O)COP(=O)(O)OCC(O)COP(=O)(O)OCC(COC(=O)CCCCCCCCCCCCC/C=C\C/C=C\C/C=C\C/C=C\CCCCC)OC(=O)CCCCC/C=C\C/C=C\C/C=C\C/C=C\C/C=C\CC. The van der Waals surface area contributed by atoms with Crippen molar-refractivity contribution in [2.24, 2.45) is 0 Å². The lowest BCUT2D eigenvalue weighted by Crippen LogP contribution is -2.30. The van der Waals surface area contributed by atoms with Gasteiger partial charge in [-0.2, -0.15) is 0 Å². The molecule has 0 rings (SSSR count). The first-order valence-corrected chi connectivity index (χ1v) is 47.4. The minimum atomic E-state index is -4.95. The third kappa shape index (κ3) is 87.6. The van der Waals surface area contributed by atoms with Crippen molar-refractivity contribution in [3.05, 3.63) is 170 Å². The van der Waals surface area contributed by atoms with Gasteiger partial charge in [0.25, 0.3) is 0 Å². The van der Waals surface area contributed by atoms with Crippen LogP contribution in [0.25, 0.3) is 0 Å². The van der Waals surface area contributed by atoms with Crippen molar-refractivity contribution in [3.8, 4) is 0 Å². The molecule has 113 heavy (non-hydrogen) atoms. The second-order valence-electron chi connectivity index (χ2n) is 29.3. The molecule has 0 aromatic rings. The maximum Gasteiger partial charge on any atom is 0.472 e. The highest BCUT2D eigenvalue weighted by molar-refractivity contribution is 7.47. The number of carbonyl (C=O) groups is 3. The number of rotatable bonds is 83. The van der Waals surface area contributed by atoms with Gasteiger partial charge in [-0.25, -0.2) is 9.13 Å². The fourth-order valence-corrected chi connectivity index (χ4v) is 13.3. The average molecular weight is 1620 g/mol. The molecule has 0 saturated heterocycles. The summed E-state index contributed by atoms with van der Waals surface area (Å²) in [7, 11) is -9.82. The van der Waals surface area contributed by atoms with Crippen LogP contribution in [0.3, 0.4) is 0 Å². The van der Waals surface area contributed by atoms with E-state index >= 15 is 0 Å². The van der Waals surface area contributed by atoms with Gasteiger partial charge in [0.05, 0.1) is 26.4 Å². The van der Waals surface area contributed by atoms with Gasteiger partial charge in [-0.05, 0) is 154 Å². The number of phosphoric ester groups is 2. The van der Waals surface area contributed by atoms with Crippen LogP contribution in [0.4, 0.5) is 0 Å². The monoisotopic (exact) mass is 1620 g/mol. The number of ether oxygens (including phenoxy) is 3. The Labute approximate surface area is 688 Å². The Morgan fingerprint density at radius 2 is 0.469 bits per heavy atom. The summed E-state index contributed by atoms with van der Waals surface area (Å²) in [6.07, 6.45) is 111. The molecule has 0 radical (unpaired) electrons. The van der Waals surface area contributed by atoms with Crippen LogP contribution < -0.4 is 0 Å². The molecule has 0 aliphatic carbocycles. The first-order chi connectivity index (χ1) is 55.2. The summed E-state index contributed by atoms with van der Waals surface area (Å²) in [5, 5.41) is 20.7. The molecule has 4 N–H and O–H groups in total. The summed E-state index contributed by atoms with van der Waals surface area (Å²) in [6.45, 7) is 2.41. The normalized spacial score (nSPS) is 14.6. The Kier molecular flexibility index (Phi) is 82.4. The van der Waals surface area contributed by atoms with Gasteiger partial charge in [-0.3, -0.25) is 32.5 Å². The average Bonchev–Trinajstić information content (AvgIpc) is 0.899. The molecule has 16 nitrogen and oxygen atoms in total. The number of hydrogen-bond donors (Lipinski definition) is 4. The van der Waals surface area contributed by atoms with Crippen LogP contribution in [-0.2, 0) is 55.8 Å². The van der Waals surface area contributed by atoms with E-state index in [4.69, 9.17) is 32.3 Å². The number of unbranched alkanes of at least 4 members (excludes halogenated alkanes) is 32. The molecule has 0 saturated carbocycles. The van der Waals surface area contributed by atoms with Crippen molar-refractivity contribution >= 4 is 33.6 Å². The van der Waals surface area contributed by atoms with Gasteiger partial charge < -0.3 is 34.2 Å². The summed E-state index contributed by atoms with van der Waals surface area (Å²) in [5.74, 6) is -1.61. The van der Waals surface area contributed by atoms with E-state index in [2.05, 4.69) is 191 Å². The lowest BCUT2D eigenvalue weighted by atomic mass is 10.0. The fraction of sp³-hybridized carbons (Fsp3) is 0.674. The lowest BCUT2D eigenvalue weighted by Gasteiger charge is -2.21. The van der Waals surface area contributed by atoms with E-state index in [-0.39, 0.29) is 19.3 Å². The zero-order valence-electron chi connectivity index (χ0n) is 71.0. The standard InChI is InChI=1S/C95H160O16P2/c1-4-7-10-13-16-19-22-25-28-31-34-36-38-40-42-43-44-45-47-49-50-52-55-57-60-63-66-69-72-75-78-81-93(98)105-84-90(96)85-107-112(101,102)108-86-91(97)87-109-113(103,104)110-89-92(111-95(100)83-80-77-74-71-68-65-62-59-54-33-30-27-24-21-18-15-12-9-6-3)88-106-94(99)82-79-76-73-70-67-64-61-58-56-53-51-48-46-41-39-37-35-32-29-26-23-20-17-14-11-8-5-2/h7,9-10,12,16-21,25-30,34-37,40-42,46,54,59,65,68,90-92,96-97H,4-6,8,11,13-15,22-24,31-33,38-39,43-45,47-53,55-58,60-64,66-67,69-89H2,1-3H3,(H,101,102)(H,103,104)/b10-7-,12-9-,19-16-,20-17-,21-18-,28-25-,29-26-,30-27-,36-34-,37-35-,42-40-,46-41-,59-54-,68-65-. The highest BCUT2D eigenvalue weighted by atomic mass is 31.2. The molecule has 0 heterocycles. The van der Waals surface area contributed by atoms with Crippen LogP contribution in [0.1, 0.15) is 355 Å². The van der Waals surface area contributed by atoms with E-state index in [0.29, 0.717) is 19.3 Å². The Balaban J connectivity index is 4.59. The van der Waals surface area contributed by atoms with Gasteiger partial charge in [0, 0.05) is 19.3 Å². The number of phosphoric acid groups is 2. The minimum Gasteiger partial charge on any atom is -0.463 e. The Morgan fingerprint density at radius 1 is 0.257 bits per heavy atom. The highest BCUT2D eigenvalue weighted by Crippen LogP contribution is 2.45. The number of carbonyl (C=O) groups excluding carboxylic acids is 3. The van der Waals surface area contributed by atoms with Gasteiger partial charge in [0.15, 0.2) is 6.10 Å². The topological polar surface area (TPSA) is 231 Å². The molecular formula is C95H160O16P2. The van der Waals surface area contributed by atoms with Gasteiger partial charge in [-0.1, -0.05) is 351 Å². The predicted octanol–water partition coefficient (Wildman–Crippen LogP) is 27.1. The first-order valence-electron chi connectivity index (χ1n) is 44.4. The van der Waals surface area contributed by atoms with Crippen molar-refractivity contribution in [3.63, 3.8) is 0 Å². The molecule has 0 aromatic carbocycles. The molecule has 0 aliphatic rings. The fourth-order valence-electron chi connectivity index (χ4n) is 11.7. The molecule has 18 heteroatoms. The second-order valence-corrected chi connectivity index (χ2v) is 32.2. The largest absolute Gasteiger partial charge is 0.472 e. The van der Waals surface area contributed by atoms with E-state index in [0.717, 1.165) is 154 Å². The lowest BCUT2D eigenvalue weighted by molar-refractivity contribution is -0.161. The Bertz CT molecular complexity index is 2730. The van der Waals surface area contributed by atoms with Crippen molar-refractivity contribution in [1.29, 1.82) is 0 Å². The molecular weight excluding hydrogens is 1460 g/mol. The van der Waals surface area contributed by atoms with Crippen molar-refractivity contribution in [2.45, 2.75) is 373 Å². The molecule has 0 spiro atoms. The number of aliphatic hydroxyl groups is 2. The minimum absolute atomic E-state index is 0.0603. The van der Waals surface area contributed by atoms with Gasteiger partial charge in [0.2, 0.25) is 0 Å². The van der Waals surface area contributed by atoms with E-state index in [9.17, 15) is 43.5 Å². The smallest absolute Gasteiger partial charge is 0.463 e.